The largest absolute Gasteiger partial charge is 0.388 e. The number of amides is 1. The van der Waals surface area contributed by atoms with E-state index in [2.05, 4.69) is 5.32 Å². The molecular weight excluding hydrogens is 254 g/mol. The summed E-state index contributed by atoms with van der Waals surface area (Å²) in [5.41, 5.74) is 0.882. The quantitative estimate of drug-likeness (QED) is 0.838. The van der Waals surface area contributed by atoms with E-state index in [0.717, 1.165) is 25.0 Å². The van der Waals surface area contributed by atoms with Gasteiger partial charge in [0.25, 0.3) is 0 Å². The Morgan fingerprint density at radius 3 is 2.85 bits per heavy atom. The molecule has 4 nitrogen and oxygen atoms in total. The van der Waals surface area contributed by atoms with Gasteiger partial charge in [0.2, 0.25) is 5.91 Å². The van der Waals surface area contributed by atoms with Crippen LogP contribution in [0.4, 0.5) is 0 Å². The van der Waals surface area contributed by atoms with Crippen molar-refractivity contribution in [1.82, 2.24) is 5.32 Å². The van der Waals surface area contributed by atoms with Crippen molar-refractivity contribution in [3.63, 3.8) is 0 Å². The third-order valence-electron chi connectivity index (χ3n) is 3.61. The van der Waals surface area contributed by atoms with Gasteiger partial charge in [0, 0.05) is 12.6 Å². The molecule has 1 aliphatic heterocycles. The highest BCUT2D eigenvalue weighted by Crippen LogP contribution is 2.18. The van der Waals surface area contributed by atoms with E-state index >= 15 is 0 Å². The van der Waals surface area contributed by atoms with Gasteiger partial charge in [-0.2, -0.15) is 0 Å². The van der Waals surface area contributed by atoms with Crippen LogP contribution >= 0.6 is 0 Å². The number of rotatable bonds is 6. The van der Waals surface area contributed by atoms with Crippen LogP contribution in [0.5, 0.6) is 0 Å². The molecule has 1 aromatic rings. The first kappa shape index (κ1) is 15.0. The summed E-state index contributed by atoms with van der Waals surface area (Å²) in [7, 11) is 0. The van der Waals surface area contributed by atoms with Crippen LogP contribution in [0.1, 0.15) is 44.3 Å². The summed E-state index contributed by atoms with van der Waals surface area (Å²) in [6.07, 6.45) is 2.47. The third-order valence-corrected chi connectivity index (χ3v) is 3.61. The van der Waals surface area contributed by atoms with E-state index in [0.29, 0.717) is 12.8 Å². The summed E-state index contributed by atoms with van der Waals surface area (Å²) in [4.78, 5) is 11.9. The van der Waals surface area contributed by atoms with Crippen LogP contribution in [0.15, 0.2) is 30.3 Å². The molecule has 0 spiro atoms. The fourth-order valence-electron chi connectivity index (χ4n) is 2.55. The molecule has 4 heteroatoms. The molecule has 1 aromatic carbocycles. The number of carbonyl (C=O) groups is 1. The lowest BCUT2D eigenvalue weighted by molar-refractivity contribution is -0.124. The van der Waals surface area contributed by atoms with E-state index in [1.165, 1.54) is 0 Å². The second-order valence-corrected chi connectivity index (χ2v) is 5.47. The van der Waals surface area contributed by atoms with Crippen LogP contribution in [0.3, 0.4) is 0 Å². The van der Waals surface area contributed by atoms with E-state index < -0.39 is 6.10 Å². The topological polar surface area (TPSA) is 58.6 Å². The summed E-state index contributed by atoms with van der Waals surface area (Å²) >= 11 is 0. The Balaban J connectivity index is 1.74. The SMILES string of the molecule is C[C@H](C[C@@H](O)c1ccccc1)NC(=O)C[C@H]1CCCO1. The lowest BCUT2D eigenvalue weighted by Crippen LogP contribution is -2.35. The molecule has 1 aliphatic rings. The minimum atomic E-state index is -0.547. The maximum Gasteiger partial charge on any atom is 0.222 e. The van der Waals surface area contributed by atoms with Crippen molar-refractivity contribution in [1.29, 1.82) is 0 Å². The van der Waals surface area contributed by atoms with Crippen molar-refractivity contribution >= 4 is 5.91 Å². The van der Waals surface area contributed by atoms with Crippen LogP contribution in [0, 0.1) is 0 Å². The minimum absolute atomic E-state index is 0.00432. The number of aliphatic hydroxyl groups excluding tert-OH is 1. The summed E-state index contributed by atoms with van der Waals surface area (Å²) in [6, 6.07) is 9.46. The molecule has 110 valence electrons. The zero-order valence-electron chi connectivity index (χ0n) is 11.9. The lowest BCUT2D eigenvalue weighted by atomic mass is 10.0. The highest BCUT2D eigenvalue weighted by molar-refractivity contribution is 5.76. The first-order valence-corrected chi connectivity index (χ1v) is 7.29. The van der Waals surface area contributed by atoms with Gasteiger partial charge in [0.15, 0.2) is 0 Å². The molecule has 0 saturated carbocycles. The summed E-state index contributed by atoms with van der Waals surface area (Å²) in [6.45, 7) is 2.68. The molecule has 1 heterocycles. The van der Waals surface area contributed by atoms with Gasteiger partial charge in [-0.05, 0) is 31.7 Å². The predicted octanol–water partition coefficient (Wildman–Crippen LogP) is 2.18. The molecule has 0 bridgehead atoms. The van der Waals surface area contributed by atoms with Gasteiger partial charge in [0.05, 0.1) is 18.6 Å². The summed E-state index contributed by atoms with van der Waals surface area (Å²) in [5, 5.41) is 13.0. The van der Waals surface area contributed by atoms with Gasteiger partial charge >= 0.3 is 0 Å². The van der Waals surface area contributed by atoms with E-state index in [9.17, 15) is 9.90 Å². The Morgan fingerprint density at radius 2 is 2.20 bits per heavy atom. The number of carbonyl (C=O) groups excluding carboxylic acids is 1. The van der Waals surface area contributed by atoms with E-state index in [-0.39, 0.29) is 18.1 Å². The highest BCUT2D eigenvalue weighted by Gasteiger charge is 2.20. The predicted molar refractivity (Wildman–Crippen MR) is 77.2 cm³/mol. The molecule has 2 rings (SSSR count). The molecule has 1 amide bonds. The van der Waals surface area contributed by atoms with E-state index in [1.807, 2.05) is 37.3 Å². The Kier molecular flexibility index (Phi) is 5.56. The van der Waals surface area contributed by atoms with Crippen LogP contribution in [-0.2, 0) is 9.53 Å². The Bertz CT molecular complexity index is 415. The fraction of sp³-hybridized carbons (Fsp3) is 0.562. The normalized spacial score (nSPS) is 21.4. The van der Waals surface area contributed by atoms with Crippen LogP contribution in [0.25, 0.3) is 0 Å². The summed E-state index contributed by atoms with van der Waals surface area (Å²) < 4.78 is 5.45. The third kappa shape index (κ3) is 4.62. The maximum atomic E-state index is 11.9. The van der Waals surface area contributed by atoms with Crippen molar-refractivity contribution in [3.8, 4) is 0 Å². The fourth-order valence-corrected chi connectivity index (χ4v) is 2.55. The standard InChI is InChI=1S/C16H23NO3/c1-12(10-15(18)13-6-3-2-4-7-13)17-16(19)11-14-8-5-9-20-14/h2-4,6-7,12,14-15,18H,5,8-11H2,1H3,(H,17,19)/t12-,14-,15-/m1/s1. The first-order chi connectivity index (χ1) is 9.65. The van der Waals surface area contributed by atoms with E-state index in [1.54, 1.807) is 0 Å². The molecule has 0 radical (unpaired) electrons. The van der Waals surface area contributed by atoms with Crippen molar-refractivity contribution in [2.45, 2.75) is 50.9 Å². The van der Waals surface area contributed by atoms with Crippen molar-refractivity contribution in [2.75, 3.05) is 6.61 Å². The van der Waals surface area contributed by atoms with Gasteiger partial charge in [-0.3, -0.25) is 4.79 Å². The Morgan fingerprint density at radius 1 is 1.45 bits per heavy atom. The van der Waals surface area contributed by atoms with Gasteiger partial charge in [-0.1, -0.05) is 30.3 Å². The van der Waals surface area contributed by atoms with Crippen molar-refractivity contribution < 1.29 is 14.6 Å². The van der Waals surface area contributed by atoms with Gasteiger partial charge in [-0.25, -0.2) is 0 Å². The highest BCUT2D eigenvalue weighted by atomic mass is 16.5. The molecule has 0 unspecified atom stereocenters. The molecule has 20 heavy (non-hydrogen) atoms. The van der Waals surface area contributed by atoms with Gasteiger partial charge in [0.1, 0.15) is 0 Å². The van der Waals surface area contributed by atoms with Crippen LogP contribution in [0.2, 0.25) is 0 Å². The van der Waals surface area contributed by atoms with Gasteiger partial charge < -0.3 is 15.2 Å². The second kappa shape index (κ2) is 7.41. The molecule has 0 aliphatic carbocycles. The zero-order valence-corrected chi connectivity index (χ0v) is 11.9. The molecule has 1 saturated heterocycles. The van der Waals surface area contributed by atoms with Crippen molar-refractivity contribution in [2.24, 2.45) is 0 Å². The van der Waals surface area contributed by atoms with Crippen LogP contribution < -0.4 is 5.32 Å². The van der Waals surface area contributed by atoms with Crippen molar-refractivity contribution in [3.05, 3.63) is 35.9 Å². The number of benzene rings is 1. The number of aliphatic hydroxyl groups is 1. The lowest BCUT2D eigenvalue weighted by Gasteiger charge is -2.19. The number of ether oxygens (including phenoxy) is 1. The zero-order chi connectivity index (χ0) is 14.4. The smallest absolute Gasteiger partial charge is 0.222 e. The summed E-state index contributed by atoms with van der Waals surface area (Å²) in [5.74, 6) is 0.00432. The molecule has 0 aromatic heterocycles. The molecule has 2 N–H and O–H groups in total. The van der Waals surface area contributed by atoms with Gasteiger partial charge in [-0.15, -0.1) is 0 Å². The monoisotopic (exact) mass is 277 g/mol. The average Bonchev–Trinajstić information content (AvgIpc) is 2.92. The molecular formula is C16H23NO3. The molecule has 3 atom stereocenters. The van der Waals surface area contributed by atoms with E-state index in [4.69, 9.17) is 4.74 Å². The number of hydrogen-bond donors (Lipinski definition) is 2. The Labute approximate surface area is 120 Å². The number of nitrogens with one attached hydrogen (secondary N) is 1. The average molecular weight is 277 g/mol. The minimum Gasteiger partial charge on any atom is -0.388 e. The first-order valence-electron chi connectivity index (χ1n) is 7.29. The maximum absolute atomic E-state index is 11.9. The Hall–Kier alpha value is -1.39. The number of hydrogen-bond acceptors (Lipinski definition) is 3. The second-order valence-electron chi connectivity index (χ2n) is 5.47. The van der Waals surface area contributed by atoms with Crippen LogP contribution in [-0.4, -0.2) is 29.8 Å². The molecule has 1 fully saturated rings.